The minimum atomic E-state index is -0.712. The second kappa shape index (κ2) is 4.61. The maximum absolute atomic E-state index is 9.73. The van der Waals surface area contributed by atoms with Gasteiger partial charge in [0, 0.05) is 0 Å². The van der Waals surface area contributed by atoms with Crippen LogP contribution in [0.2, 0.25) is 0 Å². The van der Waals surface area contributed by atoms with Crippen LogP contribution in [-0.4, -0.2) is 18.2 Å². The fourth-order valence-corrected chi connectivity index (χ4v) is 1.18. The molecule has 0 amide bonds. The van der Waals surface area contributed by atoms with Crippen LogP contribution in [-0.2, 0) is 0 Å². The molecule has 0 aliphatic heterocycles. The van der Waals surface area contributed by atoms with Gasteiger partial charge < -0.3 is 10.4 Å². The molecular weight excluding hydrogens is 164 g/mol. The molecule has 0 aliphatic rings. The maximum atomic E-state index is 9.73. The molecule has 13 heavy (non-hydrogen) atoms. The molecule has 0 aliphatic carbocycles. The first kappa shape index (κ1) is 9.72. The van der Waals surface area contributed by atoms with Crippen molar-refractivity contribution < 1.29 is 10.4 Å². The van der Waals surface area contributed by atoms with Crippen molar-refractivity contribution in [1.82, 2.24) is 0 Å². The molecule has 1 rings (SSSR count). The second-order valence-electron chi connectivity index (χ2n) is 2.84. The van der Waals surface area contributed by atoms with Gasteiger partial charge in [0.15, 0.2) is 0 Å². The Morgan fingerprint density at radius 1 is 1.38 bits per heavy atom. The van der Waals surface area contributed by atoms with E-state index in [1.165, 1.54) is 0 Å². The summed E-state index contributed by atoms with van der Waals surface area (Å²) in [6.45, 7) is 0. The van der Waals surface area contributed by atoms with Crippen molar-refractivity contribution >= 4 is 0 Å². The lowest BCUT2D eigenvalue weighted by molar-refractivity contribution is -0.659. The summed E-state index contributed by atoms with van der Waals surface area (Å²) < 4.78 is 0. The predicted octanol–water partition coefficient (Wildman–Crippen LogP) is -0.195. The normalized spacial score (nSPS) is 14.5. The van der Waals surface area contributed by atoms with Crippen molar-refractivity contribution in [2.75, 3.05) is 7.05 Å². The van der Waals surface area contributed by atoms with Crippen LogP contribution < -0.4 is 5.32 Å². The Morgan fingerprint density at radius 2 is 2.00 bits per heavy atom. The zero-order valence-corrected chi connectivity index (χ0v) is 7.51. The lowest BCUT2D eigenvalue weighted by Crippen LogP contribution is -2.87. The van der Waals surface area contributed by atoms with Crippen molar-refractivity contribution in [1.29, 1.82) is 5.26 Å². The Balaban J connectivity index is 2.79. The topological polar surface area (TPSA) is 60.6 Å². The first-order valence-electron chi connectivity index (χ1n) is 4.21. The minimum Gasteiger partial charge on any atom is -0.381 e. The van der Waals surface area contributed by atoms with Crippen molar-refractivity contribution in [3.05, 3.63) is 35.9 Å². The first-order chi connectivity index (χ1) is 6.29. The van der Waals surface area contributed by atoms with Crippen molar-refractivity contribution in [2.45, 2.75) is 12.1 Å². The van der Waals surface area contributed by atoms with E-state index < -0.39 is 12.1 Å². The summed E-state index contributed by atoms with van der Waals surface area (Å²) in [6.07, 6.45) is -0.712. The number of benzene rings is 1. The van der Waals surface area contributed by atoms with Crippen LogP contribution in [0.1, 0.15) is 11.7 Å². The van der Waals surface area contributed by atoms with Gasteiger partial charge in [0.2, 0.25) is 6.04 Å². The molecular formula is C10H13N2O+. The number of aliphatic hydroxyl groups excluding tert-OH is 1. The van der Waals surface area contributed by atoms with Crippen LogP contribution in [0.25, 0.3) is 0 Å². The Morgan fingerprint density at radius 3 is 2.46 bits per heavy atom. The molecule has 0 heterocycles. The summed E-state index contributed by atoms with van der Waals surface area (Å²) in [6, 6.07) is 10.8. The van der Waals surface area contributed by atoms with E-state index in [-0.39, 0.29) is 0 Å². The molecule has 1 aromatic rings. The molecule has 0 unspecified atom stereocenters. The molecule has 3 N–H and O–H groups in total. The quantitative estimate of drug-likeness (QED) is 0.672. The number of hydrogen-bond donors (Lipinski definition) is 2. The smallest absolute Gasteiger partial charge is 0.203 e. The molecule has 2 atom stereocenters. The van der Waals surface area contributed by atoms with E-state index in [1.54, 1.807) is 12.4 Å². The van der Waals surface area contributed by atoms with Gasteiger partial charge in [-0.25, -0.2) is 0 Å². The monoisotopic (exact) mass is 177 g/mol. The molecule has 3 heteroatoms. The lowest BCUT2D eigenvalue weighted by Gasteiger charge is -2.12. The van der Waals surface area contributed by atoms with Crippen molar-refractivity contribution in [3.63, 3.8) is 0 Å². The number of hydrogen-bond acceptors (Lipinski definition) is 2. The Hall–Kier alpha value is -1.37. The van der Waals surface area contributed by atoms with Gasteiger partial charge in [0.1, 0.15) is 12.2 Å². The number of aliphatic hydroxyl groups is 1. The van der Waals surface area contributed by atoms with Crippen LogP contribution in [0, 0.1) is 11.3 Å². The highest BCUT2D eigenvalue weighted by Gasteiger charge is 2.21. The highest BCUT2D eigenvalue weighted by Crippen LogP contribution is 2.13. The van der Waals surface area contributed by atoms with E-state index in [0.717, 1.165) is 5.56 Å². The van der Waals surface area contributed by atoms with E-state index in [4.69, 9.17) is 5.26 Å². The van der Waals surface area contributed by atoms with Gasteiger partial charge in [-0.3, -0.25) is 0 Å². The highest BCUT2D eigenvalue weighted by atomic mass is 16.3. The van der Waals surface area contributed by atoms with E-state index >= 15 is 0 Å². The van der Waals surface area contributed by atoms with Gasteiger partial charge in [-0.1, -0.05) is 30.3 Å². The Bertz CT molecular complexity index is 292. The molecule has 3 nitrogen and oxygen atoms in total. The summed E-state index contributed by atoms with van der Waals surface area (Å²) in [4.78, 5) is 0. The first-order valence-corrected chi connectivity index (χ1v) is 4.21. The van der Waals surface area contributed by atoms with Crippen LogP contribution in [0.3, 0.4) is 0 Å². The van der Waals surface area contributed by atoms with E-state index in [0.29, 0.717) is 0 Å². The van der Waals surface area contributed by atoms with E-state index in [1.807, 2.05) is 36.4 Å². The Labute approximate surface area is 77.6 Å². The number of quaternary nitrogens is 1. The molecule has 0 bridgehead atoms. The summed E-state index contributed by atoms with van der Waals surface area (Å²) >= 11 is 0. The standard InChI is InChI=1S/C10H12N2O/c1-12-9(7-11)10(13)8-5-3-2-4-6-8/h2-6,9-10,12-13H,1H3/p+1/t9-,10-/m1/s1. The third-order valence-electron chi connectivity index (χ3n) is 1.99. The third-order valence-corrected chi connectivity index (χ3v) is 1.99. The van der Waals surface area contributed by atoms with Crippen molar-refractivity contribution in [3.8, 4) is 6.07 Å². The molecule has 68 valence electrons. The van der Waals surface area contributed by atoms with E-state index in [2.05, 4.69) is 0 Å². The average Bonchev–Trinajstić information content (AvgIpc) is 2.21. The van der Waals surface area contributed by atoms with Gasteiger partial charge in [-0.2, -0.15) is 5.26 Å². The number of nitrogens with zero attached hydrogens (tertiary/aromatic N) is 1. The molecule has 0 spiro atoms. The van der Waals surface area contributed by atoms with Gasteiger partial charge in [-0.05, 0) is 5.56 Å². The lowest BCUT2D eigenvalue weighted by atomic mass is 10.0. The zero-order chi connectivity index (χ0) is 9.68. The minimum absolute atomic E-state index is 0.428. The van der Waals surface area contributed by atoms with E-state index in [9.17, 15) is 5.11 Å². The van der Waals surface area contributed by atoms with Gasteiger partial charge >= 0.3 is 0 Å². The number of rotatable bonds is 3. The number of nitrogens with two attached hydrogens (primary N) is 1. The van der Waals surface area contributed by atoms with Gasteiger partial charge in [0.05, 0.1) is 7.05 Å². The molecule has 0 saturated carbocycles. The van der Waals surface area contributed by atoms with Gasteiger partial charge in [-0.15, -0.1) is 0 Å². The van der Waals surface area contributed by atoms with Crippen LogP contribution >= 0.6 is 0 Å². The SMILES string of the molecule is C[NH2+][C@H](C#N)[C@H](O)c1ccccc1. The summed E-state index contributed by atoms with van der Waals surface area (Å²) in [5.74, 6) is 0. The zero-order valence-electron chi connectivity index (χ0n) is 7.51. The number of likely N-dealkylation sites (N-methyl/N-ethyl adjacent to an activating group) is 1. The molecule has 0 aromatic heterocycles. The predicted molar refractivity (Wildman–Crippen MR) is 48.7 cm³/mol. The molecule has 0 saturated heterocycles. The Kier molecular flexibility index (Phi) is 3.44. The third kappa shape index (κ3) is 2.28. The number of nitriles is 1. The summed E-state index contributed by atoms with van der Waals surface area (Å²) in [7, 11) is 1.78. The largest absolute Gasteiger partial charge is 0.381 e. The summed E-state index contributed by atoms with van der Waals surface area (Å²) in [5.41, 5.74) is 0.784. The highest BCUT2D eigenvalue weighted by molar-refractivity contribution is 5.19. The fourth-order valence-electron chi connectivity index (χ4n) is 1.18. The van der Waals surface area contributed by atoms with Crippen LogP contribution in [0.5, 0.6) is 0 Å². The molecule has 0 radical (unpaired) electrons. The average molecular weight is 177 g/mol. The van der Waals surface area contributed by atoms with Gasteiger partial charge in [0.25, 0.3) is 0 Å². The van der Waals surface area contributed by atoms with Crippen LogP contribution in [0.15, 0.2) is 30.3 Å². The van der Waals surface area contributed by atoms with Crippen LogP contribution in [0.4, 0.5) is 0 Å². The second-order valence-corrected chi connectivity index (χ2v) is 2.84. The fraction of sp³-hybridized carbons (Fsp3) is 0.300. The summed E-state index contributed by atoms with van der Waals surface area (Å²) in [5, 5.41) is 20.1. The molecule has 0 fully saturated rings. The maximum Gasteiger partial charge on any atom is 0.203 e. The van der Waals surface area contributed by atoms with Crippen molar-refractivity contribution in [2.24, 2.45) is 0 Å². The molecule has 1 aromatic carbocycles.